The Kier molecular flexibility index (Phi) is 7.16. The zero-order valence-corrected chi connectivity index (χ0v) is 24.0. The SMILES string of the molecule is CN(C)C1C(O)=C(C(N)=O)C(=O)C2(O)C(O)=C3C(=O)c4c(O)ccc(-c5ccc(CN6CCOCC6)cc5)c4CC3CC12. The van der Waals surface area contributed by atoms with Crippen molar-refractivity contribution in [3.63, 3.8) is 0 Å². The number of morpholine rings is 1. The Morgan fingerprint density at radius 3 is 2.37 bits per heavy atom. The zero-order chi connectivity index (χ0) is 30.8. The maximum atomic E-state index is 14.0. The molecule has 4 aliphatic rings. The summed E-state index contributed by atoms with van der Waals surface area (Å²) in [4.78, 5) is 43.4. The number of aromatic hydroxyl groups is 1. The third-order valence-electron chi connectivity index (χ3n) is 9.38. The Morgan fingerprint density at radius 1 is 1.07 bits per heavy atom. The summed E-state index contributed by atoms with van der Waals surface area (Å²) < 4.78 is 5.43. The fourth-order valence-electron chi connectivity index (χ4n) is 7.33. The minimum Gasteiger partial charge on any atom is -0.510 e. The van der Waals surface area contributed by atoms with Gasteiger partial charge in [0.25, 0.3) is 5.91 Å². The minimum atomic E-state index is -2.66. The van der Waals surface area contributed by atoms with E-state index in [2.05, 4.69) is 4.90 Å². The molecule has 0 spiro atoms. The first-order valence-electron chi connectivity index (χ1n) is 14.3. The second kappa shape index (κ2) is 10.6. The summed E-state index contributed by atoms with van der Waals surface area (Å²) in [5.41, 5.74) is 5.07. The number of ether oxygens (including phenoxy) is 1. The van der Waals surface area contributed by atoms with Gasteiger partial charge in [0.2, 0.25) is 5.78 Å². The first-order chi connectivity index (χ1) is 20.4. The minimum absolute atomic E-state index is 0.00400. The van der Waals surface area contributed by atoms with Gasteiger partial charge in [0.15, 0.2) is 11.4 Å². The average Bonchev–Trinajstić information content (AvgIpc) is 2.96. The molecule has 0 aromatic heterocycles. The molecule has 3 aliphatic carbocycles. The summed E-state index contributed by atoms with van der Waals surface area (Å²) in [6, 6.07) is 10.2. The number of aliphatic hydroxyl groups is 3. The van der Waals surface area contributed by atoms with Crippen LogP contribution in [0.25, 0.3) is 11.1 Å². The molecular formula is C32H35N3O8. The molecule has 1 heterocycles. The van der Waals surface area contributed by atoms with Crippen LogP contribution in [0, 0.1) is 11.8 Å². The number of hydrogen-bond donors (Lipinski definition) is 5. The number of benzene rings is 2. The van der Waals surface area contributed by atoms with Gasteiger partial charge >= 0.3 is 0 Å². The number of fused-ring (bicyclic) bond motifs is 3. The van der Waals surface area contributed by atoms with Crippen LogP contribution in [0.2, 0.25) is 0 Å². The van der Waals surface area contributed by atoms with Crippen LogP contribution in [0.3, 0.4) is 0 Å². The van der Waals surface area contributed by atoms with E-state index in [4.69, 9.17) is 10.5 Å². The van der Waals surface area contributed by atoms with Crippen molar-refractivity contribution in [3.8, 4) is 16.9 Å². The maximum Gasteiger partial charge on any atom is 0.255 e. The lowest BCUT2D eigenvalue weighted by atomic mass is 9.58. The van der Waals surface area contributed by atoms with E-state index >= 15 is 0 Å². The number of primary amides is 1. The Bertz CT molecular complexity index is 1590. The van der Waals surface area contributed by atoms with Gasteiger partial charge in [0.1, 0.15) is 22.8 Å². The molecule has 0 saturated carbocycles. The second-order valence-electron chi connectivity index (χ2n) is 12.0. The molecular weight excluding hydrogens is 554 g/mol. The van der Waals surface area contributed by atoms with Crippen LogP contribution >= 0.6 is 0 Å². The average molecular weight is 590 g/mol. The molecule has 43 heavy (non-hydrogen) atoms. The first kappa shape index (κ1) is 29.1. The smallest absolute Gasteiger partial charge is 0.255 e. The summed E-state index contributed by atoms with van der Waals surface area (Å²) in [6.07, 6.45) is 0.271. The summed E-state index contributed by atoms with van der Waals surface area (Å²) in [6.45, 7) is 3.95. The number of likely N-dealkylation sites (N-methyl/N-ethyl adjacent to an activating group) is 1. The van der Waals surface area contributed by atoms with Gasteiger partial charge < -0.3 is 30.9 Å². The number of carbonyl (C=O) groups excluding carboxylic acids is 3. The monoisotopic (exact) mass is 589 g/mol. The van der Waals surface area contributed by atoms with Crippen molar-refractivity contribution < 1.29 is 39.5 Å². The Morgan fingerprint density at radius 2 is 1.74 bits per heavy atom. The number of nitrogens with zero attached hydrogens (tertiary/aromatic N) is 2. The molecule has 1 saturated heterocycles. The molecule has 6 rings (SSSR count). The van der Waals surface area contributed by atoms with Crippen LogP contribution in [-0.4, -0.2) is 99.7 Å². The maximum absolute atomic E-state index is 14.0. The molecule has 11 nitrogen and oxygen atoms in total. The molecule has 4 atom stereocenters. The van der Waals surface area contributed by atoms with Crippen LogP contribution in [0.15, 0.2) is 59.1 Å². The predicted molar refractivity (Wildman–Crippen MR) is 155 cm³/mol. The highest BCUT2D eigenvalue weighted by atomic mass is 16.5. The van der Waals surface area contributed by atoms with E-state index in [-0.39, 0.29) is 29.7 Å². The standard InChI is InChI=1S/C32H35N3O8/c1-34(2)26-21-14-18-13-20-19(17-5-3-16(4-6-17)15-35-9-11-43-12-10-35)7-8-22(36)24(20)27(37)23(18)29(39)32(21,42)30(40)25(28(26)38)31(33)41/h3-8,18,21,26,36,38-39,42H,9-15H2,1-2H3,(H2,33,41). The molecule has 6 N–H and O–H groups in total. The van der Waals surface area contributed by atoms with Crippen molar-refractivity contribution in [1.29, 1.82) is 0 Å². The van der Waals surface area contributed by atoms with E-state index in [1.807, 2.05) is 24.3 Å². The van der Waals surface area contributed by atoms with E-state index in [1.54, 1.807) is 20.2 Å². The van der Waals surface area contributed by atoms with E-state index in [9.17, 15) is 34.8 Å². The molecule has 0 radical (unpaired) electrons. The molecule has 2 aromatic rings. The topological polar surface area (TPSA) is 174 Å². The Labute approximate surface area is 248 Å². The van der Waals surface area contributed by atoms with Gasteiger partial charge in [-0.15, -0.1) is 0 Å². The van der Waals surface area contributed by atoms with E-state index in [0.717, 1.165) is 36.3 Å². The normalized spacial score (nSPS) is 27.7. The number of amides is 1. The second-order valence-corrected chi connectivity index (χ2v) is 12.0. The lowest BCUT2D eigenvalue weighted by Gasteiger charge is -2.50. The van der Waals surface area contributed by atoms with Crippen molar-refractivity contribution in [3.05, 3.63) is 75.8 Å². The largest absolute Gasteiger partial charge is 0.510 e. The fourth-order valence-corrected chi connectivity index (χ4v) is 7.33. The van der Waals surface area contributed by atoms with Gasteiger partial charge in [-0.1, -0.05) is 30.3 Å². The number of carbonyl (C=O) groups is 3. The number of phenolic OH excluding ortho intramolecular Hbond substituents is 1. The summed E-state index contributed by atoms with van der Waals surface area (Å²) in [7, 11) is 3.21. The number of aliphatic hydroxyl groups excluding tert-OH is 2. The summed E-state index contributed by atoms with van der Waals surface area (Å²) in [5.74, 6) is -6.65. The Balaban J connectivity index is 1.41. The molecule has 0 bridgehead atoms. The van der Waals surface area contributed by atoms with E-state index < -0.39 is 58.0 Å². The molecule has 1 fully saturated rings. The predicted octanol–water partition coefficient (Wildman–Crippen LogP) is 1.62. The number of allylic oxidation sites excluding steroid dienone is 1. The van der Waals surface area contributed by atoms with Crippen molar-refractivity contribution in [2.45, 2.75) is 31.0 Å². The van der Waals surface area contributed by atoms with Crippen molar-refractivity contribution in [1.82, 2.24) is 9.80 Å². The van der Waals surface area contributed by atoms with Gasteiger partial charge in [-0.2, -0.15) is 0 Å². The van der Waals surface area contributed by atoms with Crippen molar-refractivity contribution >= 4 is 17.5 Å². The lowest BCUT2D eigenvalue weighted by Crippen LogP contribution is -2.63. The number of nitrogens with two attached hydrogens (primary N) is 1. The number of phenols is 1. The van der Waals surface area contributed by atoms with Crippen molar-refractivity contribution in [2.75, 3.05) is 40.4 Å². The molecule has 1 aliphatic heterocycles. The Hall–Kier alpha value is -4.03. The molecule has 11 heteroatoms. The summed E-state index contributed by atoms with van der Waals surface area (Å²) in [5, 5.41) is 45.0. The highest BCUT2D eigenvalue weighted by Gasteiger charge is 2.63. The fraction of sp³-hybridized carbons (Fsp3) is 0.406. The van der Waals surface area contributed by atoms with Crippen LogP contribution in [0.5, 0.6) is 5.75 Å². The van der Waals surface area contributed by atoms with Gasteiger partial charge in [0.05, 0.1) is 24.8 Å². The quantitative estimate of drug-likeness (QED) is 0.323. The first-order valence-corrected chi connectivity index (χ1v) is 14.3. The molecule has 226 valence electrons. The zero-order valence-electron chi connectivity index (χ0n) is 24.0. The van der Waals surface area contributed by atoms with Gasteiger partial charge in [-0.25, -0.2) is 0 Å². The van der Waals surface area contributed by atoms with Gasteiger partial charge in [-0.3, -0.25) is 24.2 Å². The molecule has 2 aromatic carbocycles. The third-order valence-corrected chi connectivity index (χ3v) is 9.38. The van der Waals surface area contributed by atoms with Crippen LogP contribution < -0.4 is 5.73 Å². The van der Waals surface area contributed by atoms with Gasteiger partial charge in [-0.05, 0) is 61.2 Å². The van der Waals surface area contributed by atoms with Crippen LogP contribution in [0.1, 0.15) is 27.9 Å². The third kappa shape index (κ3) is 4.46. The van der Waals surface area contributed by atoms with E-state index in [0.29, 0.717) is 18.8 Å². The summed E-state index contributed by atoms with van der Waals surface area (Å²) >= 11 is 0. The highest BCUT2D eigenvalue weighted by Crippen LogP contribution is 2.53. The van der Waals surface area contributed by atoms with Crippen molar-refractivity contribution in [2.24, 2.45) is 17.6 Å². The molecule has 1 amide bonds. The molecule has 4 unspecified atom stereocenters. The number of rotatable bonds is 5. The number of hydrogen-bond acceptors (Lipinski definition) is 10. The number of Topliss-reactive ketones (excluding diaryl/α,β-unsaturated/α-hetero) is 2. The van der Waals surface area contributed by atoms with Gasteiger partial charge in [0, 0.05) is 31.1 Å². The van der Waals surface area contributed by atoms with Crippen LogP contribution in [-0.2, 0) is 27.3 Å². The highest BCUT2D eigenvalue weighted by molar-refractivity contribution is 6.24. The van der Waals surface area contributed by atoms with Crippen LogP contribution in [0.4, 0.5) is 0 Å². The lowest BCUT2D eigenvalue weighted by molar-refractivity contribution is -0.148. The van der Waals surface area contributed by atoms with E-state index in [1.165, 1.54) is 11.0 Å². The number of ketones is 2.